The lowest BCUT2D eigenvalue weighted by molar-refractivity contribution is 0.629. The van der Waals surface area contributed by atoms with Gasteiger partial charge in [-0.1, -0.05) is 12.1 Å². The summed E-state index contributed by atoms with van der Waals surface area (Å²) < 4.78 is 13.1. The number of nitrogens with two attached hydrogens (primary N) is 1. The molecule has 90 valence electrons. The number of hydrogen-bond donors (Lipinski definition) is 2. The van der Waals surface area contributed by atoms with Crippen molar-refractivity contribution in [2.75, 3.05) is 11.1 Å². The number of hydrogen-bond acceptors (Lipinski definition) is 3. The van der Waals surface area contributed by atoms with Crippen LogP contribution in [0.1, 0.15) is 11.1 Å². The van der Waals surface area contributed by atoms with Crippen LogP contribution in [-0.2, 0) is 6.54 Å². The van der Waals surface area contributed by atoms with Crippen molar-refractivity contribution in [2.24, 2.45) is 0 Å². The second-order valence-electron chi connectivity index (χ2n) is 3.94. The predicted octanol–water partition coefficient (Wildman–Crippen LogP) is 2.89. The zero-order valence-electron chi connectivity index (χ0n) is 9.65. The first-order valence-corrected chi connectivity index (χ1v) is 5.46. The molecule has 0 aliphatic carbocycles. The number of anilines is 2. The van der Waals surface area contributed by atoms with Gasteiger partial charge in [-0.25, -0.2) is 4.39 Å². The first-order chi connectivity index (χ1) is 8.67. The molecule has 0 bridgehead atoms. The largest absolute Gasteiger partial charge is 0.399 e. The van der Waals surface area contributed by atoms with Gasteiger partial charge in [-0.05, 0) is 35.9 Å². The molecule has 2 rings (SSSR count). The highest BCUT2D eigenvalue weighted by atomic mass is 19.1. The van der Waals surface area contributed by atoms with Crippen molar-refractivity contribution in [3.05, 3.63) is 59.4 Å². The van der Waals surface area contributed by atoms with Gasteiger partial charge in [-0.3, -0.25) is 0 Å². The standard InChI is InChI=1S/C14H12FN3/c15-12-5-13(17)7-14(6-12)18-9-11-3-1-2-10(4-11)8-16/h1-7,18H,9,17H2. The molecule has 2 aromatic rings. The molecule has 0 aliphatic rings. The van der Waals surface area contributed by atoms with Crippen LogP contribution in [0.5, 0.6) is 0 Å². The van der Waals surface area contributed by atoms with Crippen LogP contribution in [0.4, 0.5) is 15.8 Å². The molecule has 18 heavy (non-hydrogen) atoms. The molecule has 0 saturated heterocycles. The number of nitrogen functional groups attached to an aromatic ring is 1. The van der Waals surface area contributed by atoms with Crippen LogP contribution in [0.2, 0.25) is 0 Å². The predicted molar refractivity (Wildman–Crippen MR) is 69.3 cm³/mol. The fourth-order valence-corrected chi connectivity index (χ4v) is 1.67. The highest BCUT2D eigenvalue weighted by Crippen LogP contribution is 2.16. The molecular weight excluding hydrogens is 229 g/mol. The van der Waals surface area contributed by atoms with Gasteiger partial charge in [-0.2, -0.15) is 5.26 Å². The van der Waals surface area contributed by atoms with Crippen LogP contribution in [0, 0.1) is 17.1 Å². The Morgan fingerprint density at radius 2 is 2.06 bits per heavy atom. The van der Waals surface area contributed by atoms with Crippen LogP contribution in [0.25, 0.3) is 0 Å². The van der Waals surface area contributed by atoms with E-state index in [1.165, 1.54) is 12.1 Å². The van der Waals surface area contributed by atoms with E-state index in [1.807, 2.05) is 12.1 Å². The van der Waals surface area contributed by atoms with E-state index in [0.717, 1.165) is 5.56 Å². The van der Waals surface area contributed by atoms with E-state index in [4.69, 9.17) is 11.0 Å². The van der Waals surface area contributed by atoms with E-state index in [9.17, 15) is 4.39 Å². The maximum absolute atomic E-state index is 13.1. The van der Waals surface area contributed by atoms with Gasteiger partial charge < -0.3 is 11.1 Å². The first kappa shape index (κ1) is 11.9. The second kappa shape index (κ2) is 5.19. The number of nitrogens with one attached hydrogen (secondary N) is 1. The molecule has 2 aromatic carbocycles. The average Bonchev–Trinajstić information content (AvgIpc) is 2.35. The zero-order valence-corrected chi connectivity index (χ0v) is 9.65. The summed E-state index contributed by atoms with van der Waals surface area (Å²) in [6.45, 7) is 0.512. The van der Waals surface area contributed by atoms with Crippen molar-refractivity contribution in [1.82, 2.24) is 0 Å². The molecule has 0 aliphatic heterocycles. The summed E-state index contributed by atoms with van der Waals surface area (Å²) in [5.74, 6) is -0.372. The summed E-state index contributed by atoms with van der Waals surface area (Å²) in [6, 6.07) is 13.6. The van der Waals surface area contributed by atoms with Crippen molar-refractivity contribution >= 4 is 11.4 Å². The van der Waals surface area contributed by atoms with Crippen molar-refractivity contribution in [1.29, 1.82) is 5.26 Å². The Balaban J connectivity index is 2.09. The Kier molecular flexibility index (Phi) is 3.44. The van der Waals surface area contributed by atoms with Crippen LogP contribution in [0.3, 0.4) is 0 Å². The van der Waals surface area contributed by atoms with Gasteiger partial charge in [0.15, 0.2) is 0 Å². The Morgan fingerprint density at radius 1 is 1.22 bits per heavy atom. The topological polar surface area (TPSA) is 61.8 Å². The molecule has 0 atom stereocenters. The second-order valence-corrected chi connectivity index (χ2v) is 3.94. The summed E-state index contributed by atoms with van der Waals surface area (Å²) >= 11 is 0. The molecule has 0 amide bonds. The number of rotatable bonds is 3. The molecule has 0 heterocycles. The van der Waals surface area contributed by atoms with Gasteiger partial charge in [0, 0.05) is 17.9 Å². The lowest BCUT2D eigenvalue weighted by Crippen LogP contribution is -2.01. The van der Waals surface area contributed by atoms with E-state index in [2.05, 4.69) is 11.4 Å². The van der Waals surface area contributed by atoms with Gasteiger partial charge >= 0.3 is 0 Å². The number of halogens is 1. The van der Waals surface area contributed by atoms with Crippen LogP contribution < -0.4 is 11.1 Å². The minimum Gasteiger partial charge on any atom is -0.399 e. The number of nitrogens with zero attached hydrogens (tertiary/aromatic N) is 1. The average molecular weight is 241 g/mol. The monoisotopic (exact) mass is 241 g/mol. The Hall–Kier alpha value is -2.54. The molecule has 0 fully saturated rings. The van der Waals surface area contributed by atoms with Crippen LogP contribution >= 0.6 is 0 Å². The molecule has 0 radical (unpaired) electrons. The molecule has 3 nitrogen and oxygen atoms in total. The molecule has 3 N–H and O–H groups in total. The molecule has 4 heteroatoms. The molecule has 0 aromatic heterocycles. The van der Waals surface area contributed by atoms with E-state index < -0.39 is 0 Å². The molecular formula is C14H12FN3. The van der Waals surface area contributed by atoms with Crippen LogP contribution in [-0.4, -0.2) is 0 Å². The first-order valence-electron chi connectivity index (χ1n) is 5.46. The number of nitriles is 1. The zero-order chi connectivity index (χ0) is 13.0. The maximum atomic E-state index is 13.1. The Bertz CT molecular complexity index is 582. The lowest BCUT2D eigenvalue weighted by atomic mass is 10.1. The fraction of sp³-hybridized carbons (Fsp3) is 0.0714. The summed E-state index contributed by atoms with van der Waals surface area (Å²) in [4.78, 5) is 0. The molecule has 0 saturated carbocycles. The van der Waals surface area contributed by atoms with Gasteiger partial charge in [0.25, 0.3) is 0 Å². The van der Waals surface area contributed by atoms with E-state index >= 15 is 0 Å². The van der Waals surface area contributed by atoms with Gasteiger partial charge in [0.1, 0.15) is 5.82 Å². The minimum atomic E-state index is -0.372. The van der Waals surface area contributed by atoms with Crippen molar-refractivity contribution in [3.8, 4) is 6.07 Å². The van der Waals surface area contributed by atoms with Crippen molar-refractivity contribution in [2.45, 2.75) is 6.54 Å². The maximum Gasteiger partial charge on any atom is 0.127 e. The Labute approximate surface area is 105 Å². The smallest absolute Gasteiger partial charge is 0.127 e. The lowest BCUT2D eigenvalue weighted by Gasteiger charge is -2.07. The van der Waals surface area contributed by atoms with Gasteiger partial charge in [0.2, 0.25) is 0 Å². The fourth-order valence-electron chi connectivity index (χ4n) is 1.67. The van der Waals surface area contributed by atoms with E-state index in [0.29, 0.717) is 23.5 Å². The highest BCUT2D eigenvalue weighted by molar-refractivity contribution is 5.54. The SMILES string of the molecule is N#Cc1cccc(CNc2cc(N)cc(F)c2)c1. The summed E-state index contributed by atoms with van der Waals surface area (Å²) in [5.41, 5.74) is 8.11. The summed E-state index contributed by atoms with van der Waals surface area (Å²) in [5, 5.41) is 11.8. The minimum absolute atomic E-state index is 0.372. The quantitative estimate of drug-likeness (QED) is 0.812. The van der Waals surface area contributed by atoms with Gasteiger partial charge in [0.05, 0.1) is 11.6 Å². The Morgan fingerprint density at radius 3 is 2.78 bits per heavy atom. The normalized spacial score (nSPS) is 9.78. The molecule has 0 spiro atoms. The summed E-state index contributed by atoms with van der Waals surface area (Å²) in [6.07, 6.45) is 0. The third-order valence-corrected chi connectivity index (χ3v) is 2.47. The molecule has 0 unspecified atom stereocenters. The third kappa shape index (κ3) is 2.98. The highest BCUT2D eigenvalue weighted by Gasteiger charge is 1.99. The van der Waals surface area contributed by atoms with Crippen molar-refractivity contribution in [3.63, 3.8) is 0 Å². The number of benzene rings is 2. The summed E-state index contributed by atoms with van der Waals surface area (Å²) in [7, 11) is 0. The third-order valence-electron chi connectivity index (χ3n) is 2.47. The van der Waals surface area contributed by atoms with Crippen molar-refractivity contribution < 1.29 is 4.39 Å². The van der Waals surface area contributed by atoms with E-state index in [-0.39, 0.29) is 5.82 Å². The van der Waals surface area contributed by atoms with Gasteiger partial charge in [-0.15, -0.1) is 0 Å². The van der Waals surface area contributed by atoms with E-state index in [1.54, 1.807) is 18.2 Å². The van der Waals surface area contributed by atoms with Crippen LogP contribution in [0.15, 0.2) is 42.5 Å².